The monoisotopic (exact) mass is 424 g/mol. The molecular weight excluding hydrogens is 407 g/mol. The first-order valence-corrected chi connectivity index (χ1v) is 9.74. The molecule has 0 atom stereocenters. The minimum Gasteiger partial charge on any atom is -0.332 e. The number of aromatic nitrogens is 3. The van der Waals surface area contributed by atoms with Crippen LogP contribution in [0.2, 0.25) is 5.02 Å². The van der Waals surface area contributed by atoms with Gasteiger partial charge in [-0.15, -0.1) is 0 Å². The summed E-state index contributed by atoms with van der Waals surface area (Å²) in [6, 6.07) is 13.3. The van der Waals surface area contributed by atoms with E-state index in [0.29, 0.717) is 23.3 Å². The van der Waals surface area contributed by atoms with Gasteiger partial charge in [-0.2, -0.15) is 0 Å². The normalized spacial score (nSPS) is 11.0. The molecule has 0 spiro atoms. The number of hydrogen-bond acceptors (Lipinski definition) is 3. The molecule has 0 fully saturated rings. The summed E-state index contributed by atoms with van der Waals surface area (Å²) in [5, 5.41) is 2.76. The summed E-state index contributed by atoms with van der Waals surface area (Å²) in [6.45, 7) is 2.19. The number of aryl methyl sites for hydroxylation is 1. The molecule has 0 radical (unpaired) electrons. The van der Waals surface area contributed by atoms with E-state index < -0.39 is 11.7 Å². The van der Waals surface area contributed by atoms with Crippen molar-refractivity contribution in [1.82, 2.24) is 14.1 Å². The molecule has 2 aromatic heterocycles. The molecule has 2 aromatic carbocycles. The first kappa shape index (κ1) is 19.8. The van der Waals surface area contributed by atoms with Gasteiger partial charge in [-0.05, 0) is 30.7 Å². The Bertz CT molecular complexity index is 1300. The molecule has 4 rings (SSSR count). The van der Waals surface area contributed by atoms with E-state index in [4.69, 9.17) is 11.6 Å². The van der Waals surface area contributed by atoms with Crippen molar-refractivity contribution in [2.45, 2.75) is 20.0 Å². The van der Waals surface area contributed by atoms with E-state index >= 15 is 0 Å². The number of benzene rings is 2. The first-order chi connectivity index (χ1) is 14.5. The van der Waals surface area contributed by atoms with E-state index in [1.165, 1.54) is 23.0 Å². The second kappa shape index (κ2) is 8.12. The topological polar surface area (TPSA) is 68.9 Å². The number of nitrogens with one attached hydrogen (secondary N) is 1. The molecular formula is C22H18ClFN4O2. The van der Waals surface area contributed by atoms with Crippen LogP contribution >= 0.6 is 11.6 Å². The highest BCUT2D eigenvalue weighted by atomic mass is 35.5. The standard InChI is InChI=1S/C22H18ClFN4O2/c1-2-27-13-25-20-16(14-6-4-3-5-7-14)11-28(21(20)22(27)30)12-19(29)26-18-9-8-15(24)10-17(18)23/h3-11,13H,2,12H2,1H3,(H,26,29). The fraction of sp³-hybridized carbons (Fsp3) is 0.136. The Morgan fingerprint density at radius 1 is 1.17 bits per heavy atom. The molecule has 1 amide bonds. The summed E-state index contributed by atoms with van der Waals surface area (Å²) in [4.78, 5) is 30.1. The lowest BCUT2D eigenvalue weighted by Crippen LogP contribution is -2.24. The van der Waals surface area contributed by atoms with Crippen molar-refractivity contribution in [1.29, 1.82) is 0 Å². The predicted molar refractivity (Wildman–Crippen MR) is 115 cm³/mol. The number of anilines is 1. The summed E-state index contributed by atoms with van der Waals surface area (Å²) in [6.07, 6.45) is 3.26. The zero-order valence-corrected chi connectivity index (χ0v) is 16.9. The fourth-order valence-electron chi connectivity index (χ4n) is 3.33. The Morgan fingerprint density at radius 3 is 2.63 bits per heavy atom. The lowest BCUT2D eigenvalue weighted by Gasteiger charge is -2.09. The highest BCUT2D eigenvalue weighted by molar-refractivity contribution is 6.33. The maximum atomic E-state index is 13.2. The number of nitrogens with zero attached hydrogens (tertiary/aromatic N) is 3. The Hall–Kier alpha value is -3.45. The Labute approximate surface area is 176 Å². The molecule has 2 heterocycles. The second-order valence-electron chi connectivity index (χ2n) is 6.74. The van der Waals surface area contributed by atoms with Crippen LogP contribution in [-0.4, -0.2) is 20.0 Å². The number of carbonyl (C=O) groups excluding carboxylic acids is 1. The molecule has 0 saturated heterocycles. The smallest absolute Gasteiger partial charge is 0.277 e. The molecule has 0 bridgehead atoms. The minimum absolute atomic E-state index is 0.0979. The number of amides is 1. The third kappa shape index (κ3) is 3.71. The Morgan fingerprint density at radius 2 is 1.93 bits per heavy atom. The van der Waals surface area contributed by atoms with E-state index in [-0.39, 0.29) is 17.1 Å². The van der Waals surface area contributed by atoms with E-state index in [0.717, 1.165) is 17.2 Å². The number of carbonyl (C=O) groups is 1. The van der Waals surface area contributed by atoms with Crippen molar-refractivity contribution >= 4 is 34.2 Å². The van der Waals surface area contributed by atoms with Gasteiger partial charge in [0, 0.05) is 18.3 Å². The second-order valence-corrected chi connectivity index (χ2v) is 7.15. The highest BCUT2D eigenvalue weighted by Gasteiger charge is 2.18. The molecule has 1 N–H and O–H groups in total. The molecule has 0 saturated carbocycles. The van der Waals surface area contributed by atoms with Crippen molar-refractivity contribution in [2.24, 2.45) is 0 Å². The van der Waals surface area contributed by atoms with Crippen LogP contribution in [-0.2, 0) is 17.9 Å². The lowest BCUT2D eigenvalue weighted by atomic mass is 10.1. The van der Waals surface area contributed by atoms with Gasteiger partial charge in [-0.3, -0.25) is 14.2 Å². The molecule has 4 aromatic rings. The van der Waals surface area contributed by atoms with Gasteiger partial charge in [0.25, 0.3) is 5.56 Å². The van der Waals surface area contributed by atoms with Gasteiger partial charge in [0.05, 0.1) is 17.0 Å². The van der Waals surface area contributed by atoms with Gasteiger partial charge in [-0.25, -0.2) is 9.37 Å². The van der Waals surface area contributed by atoms with Crippen molar-refractivity contribution < 1.29 is 9.18 Å². The lowest BCUT2D eigenvalue weighted by molar-refractivity contribution is -0.116. The largest absolute Gasteiger partial charge is 0.332 e. The van der Waals surface area contributed by atoms with Gasteiger partial charge < -0.3 is 9.88 Å². The molecule has 152 valence electrons. The highest BCUT2D eigenvalue weighted by Crippen LogP contribution is 2.28. The number of fused-ring (bicyclic) bond motifs is 1. The molecule has 0 aliphatic carbocycles. The zero-order chi connectivity index (χ0) is 21.3. The fourth-order valence-corrected chi connectivity index (χ4v) is 3.54. The quantitative estimate of drug-likeness (QED) is 0.519. The predicted octanol–water partition coefficient (Wildman–Crippen LogP) is 4.32. The summed E-state index contributed by atoms with van der Waals surface area (Å²) < 4.78 is 16.3. The average molecular weight is 425 g/mol. The molecule has 0 aliphatic heterocycles. The number of rotatable bonds is 5. The maximum absolute atomic E-state index is 13.2. The van der Waals surface area contributed by atoms with Crippen LogP contribution in [0.5, 0.6) is 0 Å². The van der Waals surface area contributed by atoms with Crippen molar-refractivity contribution in [3.05, 3.63) is 82.2 Å². The SMILES string of the molecule is CCn1cnc2c(-c3ccccc3)cn(CC(=O)Nc3ccc(F)cc3Cl)c2c1=O. The first-order valence-electron chi connectivity index (χ1n) is 9.36. The minimum atomic E-state index is -0.493. The van der Waals surface area contributed by atoms with Crippen LogP contribution in [0.15, 0.2) is 65.8 Å². The number of hydrogen-bond donors (Lipinski definition) is 1. The maximum Gasteiger partial charge on any atom is 0.277 e. The van der Waals surface area contributed by atoms with Gasteiger partial charge in [-0.1, -0.05) is 41.9 Å². The van der Waals surface area contributed by atoms with E-state index in [1.54, 1.807) is 10.8 Å². The van der Waals surface area contributed by atoms with Crippen molar-refractivity contribution in [2.75, 3.05) is 5.32 Å². The molecule has 0 aliphatic rings. The number of halogens is 2. The third-order valence-corrected chi connectivity index (χ3v) is 5.10. The zero-order valence-electron chi connectivity index (χ0n) is 16.1. The Balaban J connectivity index is 1.76. The van der Waals surface area contributed by atoms with Crippen LogP contribution in [0, 0.1) is 5.82 Å². The van der Waals surface area contributed by atoms with Crippen LogP contribution in [0.1, 0.15) is 6.92 Å². The van der Waals surface area contributed by atoms with Crippen LogP contribution in [0.25, 0.3) is 22.2 Å². The summed E-state index contributed by atoms with van der Waals surface area (Å²) in [7, 11) is 0. The van der Waals surface area contributed by atoms with Gasteiger partial charge in [0.1, 0.15) is 23.4 Å². The van der Waals surface area contributed by atoms with Crippen molar-refractivity contribution in [3.63, 3.8) is 0 Å². The van der Waals surface area contributed by atoms with Crippen LogP contribution in [0.4, 0.5) is 10.1 Å². The third-order valence-electron chi connectivity index (χ3n) is 4.79. The van der Waals surface area contributed by atoms with E-state index in [9.17, 15) is 14.0 Å². The van der Waals surface area contributed by atoms with E-state index in [2.05, 4.69) is 10.3 Å². The van der Waals surface area contributed by atoms with Crippen molar-refractivity contribution in [3.8, 4) is 11.1 Å². The van der Waals surface area contributed by atoms with Gasteiger partial charge in [0.15, 0.2) is 0 Å². The summed E-state index contributed by atoms with van der Waals surface area (Å²) >= 11 is 6.00. The average Bonchev–Trinajstić information content (AvgIpc) is 3.10. The summed E-state index contributed by atoms with van der Waals surface area (Å²) in [5.74, 6) is -0.889. The van der Waals surface area contributed by atoms with E-state index in [1.807, 2.05) is 37.3 Å². The van der Waals surface area contributed by atoms with Gasteiger partial charge >= 0.3 is 0 Å². The molecule has 0 unspecified atom stereocenters. The Kier molecular flexibility index (Phi) is 5.37. The van der Waals surface area contributed by atoms with Crippen LogP contribution < -0.4 is 10.9 Å². The molecule has 30 heavy (non-hydrogen) atoms. The molecule has 6 nitrogen and oxygen atoms in total. The van der Waals surface area contributed by atoms with Crippen LogP contribution in [0.3, 0.4) is 0 Å². The summed E-state index contributed by atoms with van der Waals surface area (Å²) in [5.41, 5.74) is 2.61. The molecule has 8 heteroatoms. The van der Waals surface area contributed by atoms with Gasteiger partial charge in [0.2, 0.25) is 5.91 Å².